The minimum atomic E-state index is -1.14. The minimum Gasteiger partial charge on any atom is -0.366 e. The number of thiophene rings is 2. The molecule has 0 saturated carbocycles. The van der Waals surface area contributed by atoms with Gasteiger partial charge in [0.1, 0.15) is 95.3 Å². The van der Waals surface area contributed by atoms with Gasteiger partial charge >= 0.3 is 89.5 Å². The third kappa shape index (κ3) is 18.9. The minimum absolute atomic E-state index is 0. The molecule has 10 heteroatoms. The Morgan fingerprint density at radius 3 is 0.578 bits per heavy atom. The molecular weight excluding hydrogens is 2080 g/mol. The van der Waals surface area contributed by atoms with Gasteiger partial charge in [-0.15, -0.1) is 93.5 Å². The van der Waals surface area contributed by atoms with Crippen LogP contribution in [0.4, 0.5) is 0 Å². The van der Waals surface area contributed by atoms with Gasteiger partial charge < -0.3 is 25.7 Å². The normalized spacial score (nSPS) is 10.4. The first-order valence-corrected chi connectivity index (χ1v) is 39.8. The van der Waals surface area contributed by atoms with Crippen LogP contribution in [-0.2, 0) is 89.5 Å². The summed E-state index contributed by atoms with van der Waals surface area (Å²) in [6, 6.07) is 130. The van der Waals surface area contributed by atoms with E-state index in [1.165, 1.54) is 83.8 Å². The first kappa shape index (κ1) is 78.6. The molecule has 16 aromatic rings. The van der Waals surface area contributed by atoms with Crippen molar-refractivity contribution in [2.75, 3.05) is 0 Å². The summed E-state index contributed by atoms with van der Waals surface area (Å²) >= 11 is 3.40. The summed E-state index contributed by atoms with van der Waals surface area (Å²) in [5.41, 5.74) is 3.17. The fourth-order valence-corrected chi connectivity index (χ4v) is 26.7. The summed E-state index contributed by atoms with van der Waals surface area (Å²) in [4.78, 5) is 0. The molecule has 0 aliphatic carbocycles. The van der Waals surface area contributed by atoms with Crippen molar-refractivity contribution in [3.63, 3.8) is 0 Å². The first-order chi connectivity index (χ1) is 48.5. The zero-order valence-corrected chi connectivity index (χ0v) is 69.0. The molecule has 0 nitrogen and oxygen atoms in total. The number of rotatable bonds is 12. The van der Waals surface area contributed by atoms with Crippen LogP contribution in [0.5, 0.6) is 0 Å². The van der Waals surface area contributed by atoms with Crippen LogP contribution in [0, 0.1) is 49.4 Å². The molecule has 0 aliphatic heterocycles. The summed E-state index contributed by atoms with van der Waals surface area (Å²) in [6.45, 7) is 0. The van der Waals surface area contributed by atoms with Crippen LogP contribution in [0.1, 0.15) is 22.3 Å². The van der Waals surface area contributed by atoms with Crippen molar-refractivity contribution in [1.82, 2.24) is 0 Å². The molecule has 0 unspecified atom stereocenters. The number of hydrogen-bond donors (Lipinski definition) is 0. The van der Waals surface area contributed by atoms with E-state index in [1.807, 2.05) is 72.8 Å². The van der Waals surface area contributed by atoms with Gasteiger partial charge in [0.25, 0.3) is 0 Å². The van der Waals surface area contributed by atoms with Crippen LogP contribution in [0.15, 0.2) is 364 Å². The molecule has 0 aliphatic rings. The fraction of sp³-hybridized carbons (Fsp3) is 0. The van der Waals surface area contributed by atoms with Crippen LogP contribution in [0.2, 0.25) is 0 Å². The summed E-state index contributed by atoms with van der Waals surface area (Å²) in [5, 5.41) is 22.1. The van der Waals surface area contributed by atoms with Crippen LogP contribution < -0.4 is 63.7 Å². The van der Waals surface area contributed by atoms with Crippen molar-refractivity contribution in [1.29, 1.82) is 0 Å². The first-order valence-electron chi connectivity index (χ1n) is 32.2. The van der Waals surface area contributed by atoms with E-state index in [4.69, 9.17) is 25.7 Å². The van der Waals surface area contributed by atoms with Crippen molar-refractivity contribution in [2.24, 2.45) is 0 Å². The molecule has 2 aromatic heterocycles. The zero-order valence-electron chi connectivity index (χ0n) is 54.7. The van der Waals surface area contributed by atoms with Gasteiger partial charge in [0, 0.05) is 18.8 Å². The second-order valence-corrected chi connectivity index (χ2v) is 35.0. The fourth-order valence-electron chi connectivity index (χ4n) is 12.5. The third-order valence-electron chi connectivity index (χ3n) is 17.0. The maximum Gasteiger partial charge on any atom is 1.00 e. The summed E-state index contributed by atoms with van der Waals surface area (Å²) in [5.74, 6) is 9.62. The molecule has 0 N–H and O–H groups in total. The van der Waals surface area contributed by atoms with E-state index in [-0.39, 0.29) is 89.5 Å². The van der Waals surface area contributed by atoms with E-state index in [2.05, 4.69) is 315 Å². The van der Waals surface area contributed by atoms with Crippen molar-refractivity contribution < 1.29 is 89.5 Å². The average molecular weight is 2150 g/mol. The van der Waals surface area contributed by atoms with E-state index in [0.29, 0.717) is 0 Å². The van der Waals surface area contributed by atoms with Gasteiger partial charge in [0.15, 0.2) is 0 Å². The Balaban J connectivity index is 0.000000162. The molecule has 16 rings (SSSR count). The van der Waals surface area contributed by atoms with Gasteiger partial charge in [0.05, 0.1) is 0 Å². The van der Waals surface area contributed by atoms with Gasteiger partial charge in [-0.1, -0.05) is 194 Å². The maximum absolute atomic E-state index is 7.16. The second-order valence-electron chi connectivity index (χ2n) is 23.1. The Morgan fingerprint density at radius 1 is 0.186 bits per heavy atom. The Kier molecular flexibility index (Phi) is 30.3. The molecule has 0 radical (unpaired) electrons. The molecule has 0 bridgehead atoms. The monoisotopic (exact) mass is 2140 g/mol. The van der Waals surface area contributed by atoms with Gasteiger partial charge in [-0.3, -0.25) is 23.7 Å². The Bertz CT molecular complexity index is 4810. The van der Waals surface area contributed by atoms with Gasteiger partial charge in [-0.05, 0) is 143 Å². The smallest absolute Gasteiger partial charge is 0.366 e. The molecule has 0 atom stereocenters. The molecule has 0 amide bonds. The summed E-state index contributed by atoms with van der Waals surface area (Å²) in [6.07, 6.45) is 28.6. The van der Waals surface area contributed by atoms with Crippen molar-refractivity contribution >= 4 is 158 Å². The van der Waals surface area contributed by atoms with Gasteiger partial charge in [0.2, 0.25) is 0 Å². The number of hydrogen-bond acceptors (Lipinski definition) is 2. The van der Waals surface area contributed by atoms with E-state index in [9.17, 15) is 0 Å². The second kappa shape index (κ2) is 39.4. The van der Waals surface area contributed by atoms with E-state index in [1.54, 1.807) is 22.7 Å². The predicted molar refractivity (Wildman–Crippen MR) is 437 cm³/mol. The van der Waals surface area contributed by atoms with E-state index >= 15 is 0 Å². The van der Waals surface area contributed by atoms with Crippen LogP contribution in [-0.4, -0.2) is 0 Å². The van der Waals surface area contributed by atoms with E-state index < -0.39 is 31.7 Å². The molecule has 14 aromatic carbocycles. The standard InChI is InChI=1S/2C30H24P2.2C16H6S.4Au/c2*1-5-15-25(16-6-1)31(26-17-7-2-8-18-26)29-23-13-14-24-30(29)32(27-19-9-3-10-20-27)28-21-11-4-12-22-28;2*1-3-11-6-8-15-14(9-11)13-7-5-12(4-2)10-16(13)17-15;;;;/h2*1-24H;2*5-10H;;;;/q;;2*-2;4*+1/p+4. The van der Waals surface area contributed by atoms with Crippen LogP contribution in [0.3, 0.4) is 0 Å². The Morgan fingerprint density at radius 2 is 0.373 bits per heavy atom. The zero-order chi connectivity index (χ0) is 66.8. The SMILES string of the molecule is [Au+].[Au+].[Au+].[Au+].[C-]#Cc1ccc2c(c1)sc1ccc(C#[C-])cc12.[C-]#Cc1ccc2c(c1)sc1ccc(C#[C-])cc12.c1ccc([PH+](c2ccccc2)c2ccccc2[PH+](c2ccccc2)c2ccccc2)cc1.c1ccc([PH+](c2ccccc2)c2ccccc2[PH+](c2ccccc2)c2ccccc2)cc1. The van der Waals surface area contributed by atoms with Gasteiger partial charge in [-0.2, -0.15) is 0 Å². The Labute approximate surface area is 676 Å². The Hall–Kier alpha value is -7.56. The van der Waals surface area contributed by atoms with Crippen LogP contribution in [0.25, 0.3) is 40.3 Å². The molecular formula is C92H64Au4P4S2+4. The molecule has 102 heavy (non-hydrogen) atoms. The predicted octanol–water partition coefficient (Wildman–Crippen LogP) is 17.2. The average Bonchev–Trinajstić information content (AvgIpc) is 1.37. The van der Waals surface area contributed by atoms with Crippen molar-refractivity contribution in [3.8, 4) is 23.7 Å². The quantitative estimate of drug-likeness (QED) is 0.0495. The largest absolute Gasteiger partial charge is 1.00 e. The van der Waals surface area contributed by atoms with E-state index in [0.717, 1.165) is 42.4 Å². The van der Waals surface area contributed by atoms with Crippen molar-refractivity contribution in [3.05, 3.63) is 412 Å². The van der Waals surface area contributed by atoms with Gasteiger partial charge in [-0.25, -0.2) is 0 Å². The number of fused-ring (bicyclic) bond motifs is 6. The maximum atomic E-state index is 7.16. The molecule has 0 spiro atoms. The summed E-state index contributed by atoms with van der Waals surface area (Å²) in [7, 11) is -4.56. The molecule has 0 saturated heterocycles. The van der Waals surface area contributed by atoms with Crippen molar-refractivity contribution in [2.45, 2.75) is 0 Å². The van der Waals surface area contributed by atoms with Crippen LogP contribution >= 0.6 is 54.4 Å². The topological polar surface area (TPSA) is 0 Å². The summed E-state index contributed by atoms with van der Waals surface area (Å²) < 4.78 is 4.70. The molecule has 504 valence electrons. The number of benzene rings is 14. The third-order valence-corrected chi connectivity index (χ3v) is 30.9. The molecule has 2 heterocycles. The molecule has 0 fully saturated rings.